The van der Waals surface area contributed by atoms with Gasteiger partial charge in [-0.2, -0.15) is 0 Å². The maximum Gasteiger partial charge on any atom is 0.311 e. The van der Waals surface area contributed by atoms with Crippen molar-refractivity contribution in [2.24, 2.45) is 17.8 Å². The molecule has 1 aliphatic carbocycles. The summed E-state index contributed by atoms with van der Waals surface area (Å²) in [5.41, 5.74) is -4.79. The van der Waals surface area contributed by atoms with E-state index in [2.05, 4.69) is 16.0 Å². The molecule has 4 heterocycles. The number of hydrogen-bond acceptors (Lipinski definition) is 20. The highest BCUT2D eigenvalue weighted by Crippen LogP contribution is 2.42. The molecule has 0 bridgehead atoms. The standard InChI is InChI=1S/C58H95FN6O16/c1-15-44-58(10,74)50(70)35(6)64(13)29-31(2)27-56(8,73)51(81-55-48(69)43(63(11)12)24-32(3)76-55)33(4)49(34(5)54(72)78-44)80-46-28-57(9,75-14)52(36(7)77-46)79-45(67)18-19-60-20-21-61-41-26-42-38(25-40(41)59)47(68)39(53(71)62-22-23-66)30-65(42)37-16-17-37/h25-26,30-37,43-44,46,48-52,55,60-61,66,69-70,73-74H,15-24,27-29H2,1-14H3,(H,62,71)/t31-,32-,33+,34-,35-,36+,43+,44-,46+,48-,49+,50-,51-,52+,55+,56-,57-,58-/m1/s1. The number of carbonyl (C=O) groups is 3. The number of likely N-dealkylation sites (N-methyl/N-ethyl adjacent to an activating group) is 2. The van der Waals surface area contributed by atoms with Crippen LogP contribution in [-0.4, -0.2) is 216 Å². The molecule has 1 saturated carbocycles. The lowest BCUT2D eigenvalue weighted by molar-refractivity contribution is -0.318. The Morgan fingerprint density at radius 1 is 0.938 bits per heavy atom. The molecule has 8 N–H and O–H groups in total. The van der Waals surface area contributed by atoms with Gasteiger partial charge >= 0.3 is 11.9 Å². The van der Waals surface area contributed by atoms with E-state index in [-0.39, 0.29) is 92.7 Å². The van der Waals surface area contributed by atoms with Crippen molar-refractivity contribution in [1.29, 1.82) is 0 Å². The quantitative estimate of drug-likeness (QED) is 0.0741. The number of nitrogens with one attached hydrogen (secondary N) is 3. The van der Waals surface area contributed by atoms with E-state index in [1.165, 1.54) is 20.2 Å². The zero-order valence-corrected chi connectivity index (χ0v) is 50.1. The third-order valence-electron chi connectivity index (χ3n) is 17.3. The summed E-state index contributed by atoms with van der Waals surface area (Å²) in [6, 6.07) is 1.81. The molecule has 6 rings (SSSR count). The molecule has 1 aromatic carbocycles. The molecule has 4 aliphatic rings. The minimum absolute atomic E-state index is 0.0120. The molecule has 23 heteroatoms. The molecule has 1 aromatic heterocycles. The number of anilines is 1. The third-order valence-corrected chi connectivity index (χ3v) is 17.3. The van der Waals surface area contributed by atoms with Gasteiger partial charge in [0.05, 0.1) is 60.2 Å². The Bertz CT molecular complexity index is 2500. The molecule has 460 valence electrons. The largest absolute Gasteiger partial charge is 0.459 e. The fourth-order valence-electron chi connectivity index (χ4n) is 12.3. The Morgan fingerprint density at radius 2 is 1.63 bits per heavy atom. The summed E-state index contributed by atoms with van der Waals surface area (Å²) in [5.74, 6) is -4.80. The molecular formula is C58H95FN6O16. The van der Waals surface area contributed by atoms with Gasteiger partial charge in [0.15, 0.2) is 18.7 Å². The number of amides is 1. The molecule has 3 aliphatic heterocycles. The Morgan fingerprint density at radius 3 is 2.26 bits per heavy atom. The maximum absolute atomic E-state index is 15.5. The molecule has 1 amide bonds. The van der Waals surface area contributed by atoms with E-state index in [1.807, 2.05) is 49.4 Å². The minimum atomic E-state index is -1.88. The number of cyclic esters (lactones) is 1. The Labute approximate surface area is 476 Å². The number of nitrogens with zero attached hydrogens (tertiary/aromatic N) is 3. The summed E-state index contributed by atoms with van der Waals surface area (Å²) in [4.78, 5) is 58.0. The number of hydrogen-bond donors (Lipinski definition) is 8. The summed E-state index contributed by atoms with van der Waals surface area (Å²) in [5, 5.41) is 66.1. The van der Waals surface area contributed by atoms with Crippen LogP contribution in [0.3, 0.4) is 0 Å². The number of benzene rings is 1. The first-order valence-corrected chi connectivity index (χ1v) is 29.0. The van der Waals surface area contributed by atoms with Gasteiger partial charge < -0.3 is 89.0 Å². The van der Waals surface area contributed by atoms with E-state index in [0.29, 0.717) is 25.0 Å². The van der Waals surface area contributed by atoms with E-state index in [9.17, 15) is 39.6 Å². The van der Waals surface area contributed by atoms with Crippen LogP contribution >= 0.6 is 0 Å². The third kappa shape index (κ3) is 15.7. The fourth-order valence-corrected chi connectivity index (χ4v) is 12.3. The summed E-state index contributed by atoms with van der Waals surface area (Å²) < 4.78 is 62.1. The van der Waals surface area contributed by atoms with Crippen LogP contribution in [0.2, 0.25) is 0 Å². The molecule has 0 unspecified atom stereocenters. The lowest BCUT2D eigenvalue weighted by atomic mass is 9.77. The van der Waals surface area contributed by atoms with Gasteiger partial charge in [0, 0.05) is 81.9 Å². The van der Waals surface area contributed by atoms with Crippen LogP contribution < -0.4 is 21.4 Å². The number of rotatable bonds is 19. The number of ether oxygens (including phenoxy) is 7. The monoisotopic (exact) mass is 1150 g/mol. The summed E-state index contributed by atoms with van der Waals surface area (Å²) in [6.07, 6.45) is -6.21. The summed E-state index contributed by atoms with van der Waals surface area (Å²) in [6.45, 7) is 18.3. The van der Waals surface area contributed by atoms with Gasteiger partial charge in [-0.05, 0) is 120 Å². The van der Waals surface area contributed by atoms with Gasteiger partial charge in [0.25, 0.3) is 5.91 Å². The average molecular weight is 1150 g/mol. The second-order valence-electron chi connectivity index (χ2n) is 24.4. The Balaban J connectivity index is 1.16. The van der Waals surface area contributed by atoms with Gasteiger partial charge in [0.1, 0.15) is 40.9 Å². The first-order chi connectivity index (χ1) is 38.0. The van der Waals surface area contributed by atoms with Crippen LogP contribution in [0.25, 0.3) is 10.9 Å². The predicted octanol–water partition coefficient (Wildman–Crippen LogP) is 3.05. The number of aliphatic hydroxyl groups is 5. The number of aliphatic hydroxyl groups excluding tert-OH is 3. The van der Waals surface area contributed by atoms with Crippen molar-refractivity contribution in [2.45, 2.75) is 211 Å². The van der Waals surface area contributed by atoms with Crippen molar-refractivity contribution in [3.05, 3.63) is 39.9 Å². The smallest absolute Gasteiger partial charge is 0.311 e. The molecule has 4 fully saturated rings. The second kappa shape index (κ2) is 27.8. The minimum Gasteiger partial charge on any atom is -0.459 e. The van der Waals surface area contributed by atoms with Crippen molar-refractivity contribution in [2.75, 3.05) is 72.9 Å². The number of pyridine rings is 1. The highest BCUT2D eigenvalue weighted by atomic mass is 19.1. The van der Waals surface area contributed by atoms with Crippen LogP contribution in [0, 0.1) is 23.6 Å². The first-order valence-electron chi connectivity index (χ1n) is 29.0. The van der Waals surface area contributed by atoms with Gasteiger partial charge in [-0.15, -0.1) is 0 Å². The molecule has 22 nitrogen and oxygen atoms in total. The van der Waals surface area contributed by atoms with Crippen molar-refractivity contribution in [1.82, 2.24) is 25.0 Å². The molecule has 0 radical (unpaired) electrons. The van der Waals surface area contributed by atoms with Gasteiger partial charge in [-0.1, -0.05) is 20.8 Å². The lowest BCUT2D eigenvalue weighted by Crippen LogP contribution is -2.61. The van der Waals surface area contributed by atoms with Gasteiger partial charge in [0.2, 0.25) is 5.43 Å². The summed E-state index contributed by atoms with van der Waals surface area (Å²) in [7, 11) is 7.04. The normalized spacial score (nSPS) is 36.9. The van der Waals surface area contributed by atoms with Crippen LogP contribution in [0.1, 0.15) is 131 Å². The molecule has 81 heavy (non-hydrogen) atoms. The van der Waals surface area contributed by atoms with E-state index < -0.39 is 119 Å². The predicted molar refractivity (Wildman–Crippen MR) is 300 cm³/mol. The number of esters is 2. The van der Waals surface area contributed by atoms with Crippen LogP contribution in [-0.2, 0) is 42.7 Å². The van der Waals surface area contributed by atoms with E-state index in [0.717, 1.165) is 18.9 Å². The average Bonchev–Trinajstić information content (AvgIpc) is 4.29. The van der Waals surface area contributed by atoms with E-state index in [1.54, 1.807) is 54.5 Å². The van der Waals surface area contributed by atoms with Crippen molar-refractivity contribution < 1.29 is 77.5 Å². The van der Waals surface area contributed by atoms with E-state index in [4.69, 9.17) is 38.3 Å². The van der Waals surface area contributed by atoms with E-state index >= 15 is 4.39 Å². The maximum atomic E-state index is 15.5. The zero-order valence-electron chi connectivity index (χ0n) is 50.1. The highest BCUT2D eigenvalue weighted by molar-refractivity contribution is 5.98. The molecule has 3 saturated heterocycles. The SMILES string of the molecule is CC[C@H]1OC(=O)[C@H](C)[C@@H](O[C@H]2C[C@@](C)(OC)[C@@H](OC(=O)CCNCCNc3cc4c(cc3F)c(=O)c(C(=O)NCCO)cn4C3CC3)[C@H](C)O2)[C@H](C)[C@@H](O[C@@H]2O[C@H](C)C[C@H](N(C)C)[C@H]2O)[C@](C)(O)C[C@@H](C)CN(C)[C@H](C)[C@@H](O)[C@]1(C)O. The second-order valence-corrected chi connectivity index (χ2v) is 24.4. The van der Waals surface area contributed by atoms with Crippen molar-refractivity contribution in [3.63, 3.8) is 0 Å². The number of methoxy groups -OCH3 is 1. The number of halogens is 1. The Kier molecular flexibility index (Phi) is 22.7. The molecule has 18 atom stereocenters. The van der Waals surface area contributed by atoms with Crippen LogP contribution in [0.5, 0.6) is 0 Å². The zero-order chi connectivity index (χ0) is 60.1. The van der Waals surface area contributed by atoms with Crippen LogP contribution in [0.4, 0.5) is 10.1 Å². The fraction of sp³-hybridized carbons (Fsp3) is 0.793. The topological polar surface area (TPSA) is 282 Å². The van der Waals surface area contributed by atoms with Crippen LogP contribution in [0.15, 0.2) is 23.1 Å². The van der Waals surface area contributed by atoms with Crippen molar-refractivity contribution >= 4 is 34.4 Å². The van der Waals surface area contributed by atoms with Gasteiger partial charge in [-0.3, -0.25) is 19.2 Å². The molecule has 0 spiro atoms. The summed E-state index contributed by atoms with van der Waals surface area (Å²) >= 11 is 0. The number of aromatic nitrogens is 1. The lowest BCUT2D eigenvalue weighted by Gasteiger charge is -2.49. The Hall–Kier alpha value is -3.95. The number of carbonyl (C=O) groups excluding carboxylic acids is 3. The molecular weight excluding hydrogens is 1060 g/mol. The van der Waals surface area contributed by atoms with Gasteiger partial charge in [-0.25, -0.2) is 4.39 Å². The van der Waals surface area contributed by atoms with Crippen molar-refractivity contribution in [3.8, 4) is 0 Å². The molecule has 2 aromatic rings. The first kappa shape index (κ1) is 66.2. The highest BCUT2D eigenvalue weighted by Gasteiger charge is 2.54. The number of fused-ring (bicyclic) bond motifs is 1.